The first kappa shape index (κ1) is 9.34. The van der Waals surface area contributed by atoms with E-state index in [9.17, 15) is 4.79 Å². The molecule has 1 saturated carbocycles. The van der Waals surface area contributed by atoms with E-state index in [1.54, 1.807) is 12.1 Å². The molecule has 1 aliphatic rings. The van der Waals surface area contributed by atoms with Gasteiger partial charge in [-0.2, -0.15) is 9.61 Å². The van der Waals surface area contributed by atoms with Gasteiger partial charge in [-0.3, -0.25) is 0 Å². The molecule has 0 aliphatic heterocycles. The molecule has 1 aliphatic carbocycles. The van der Waals surface area contributed by atoms with Crippen LogP contribution in [0.1, 0.15) is 12.8 Å². The minimum absolute atomic E-state index is 0.0764. The molecule has 3 rings (SSSR count). The Morgan fingerprint density at radius 1 is 1.56 bits per heavy atom. The fourth-order valence-electron chi connectivity index (χ4n) is 1.61. The van der Waals surface area contributed by atoms with E-state index in [1.807, 2.05) is 0 Å². The van der Waals surface area contributed by atoms with E-state index >= 15 is 0 Å². The largest absolute Gasteiger partial charge is 0.394 e. The third-order valence-electron chi connectivity index (χ3n) is 2.82. The third kappa shape index (κ3) is 1.36. The van der Waals surface area contributed by atoms with Crippen molar-refractivity contribution in [3.63, 3.8) is 0 Å². The summed E-state index contributed by atoms with van der Waals surface area (Å²) in [5.74, 6) is 0.572. The Kier molecular flexibility index (Phi) is 1.78. The van der Waals surface area contributed by atoms with Crippen LogP contribution in [0.3, 0.4) is 0 Å². The molecule has 2 aromatic rings. The number of aliphatic hydroxyl groups is 1. The van der Waals surface area contributed by atoms with E-state index in [0.29, 0.717) is 11.5 Å². The highest BCUT2D eigenvalue weighted by atomic mass is 16.3. The minimum Gasteiger partial charge on any atom is -0.394 e. The average Bonchev–Trinajstić information content (AvgIpc) is 2.98. The van der Waals surface area contributed by atoms with Crippen molar-refractivity contribution in [1.82, 2.24) is 19.8 Å². The first-order chi connectivity index (χ1) is 7.72. The molecular formula is C9H11N5O2. The average molecular weight is 221 g/mol. The number of rotatable bonds is 3. The van der Waals surface area contributed by atoms with E-state index in [2.05, 4.69) is 20.6 Å². The molecule has 0 atom stereocenters. The lowest BCUT2D eigenvalue weighted by Gasteiger charge is -2.14. The monoisotopic (exact) mass is 221 g/mol. The van der Waals surface area contributed by atoms with Gasteiger partial charge >= 0.3 is 5.69 Å². The molecular weight excluding hydrogens is 210 g/mol. The molecule has 84 valence electrons. The van der Waals surface area contributed by atoms with Crippen LogP contribution in [0.25, 0.3) is 5.65 Å². The van der Waals surface area contributed by atoms with E-state index in [0.717, 1.165) is 12.8 Å². The van der Waals surface area contributed by atoms with Crippen LogP contribution in [0, 0.1) is 0 Å². The van der Waals surface area contributed by atoms with Gasteiger partial charge in [-0.05, 0) is 25.0 Å². The Bertz CT molecular complexity index is 583. The smallest absolute Gasteiger partial charge is 0.364 e. The van der Waals surface area contributed by atoms with Gasteiger partial charge in [0.15, 0.2) is 5.65 Å². The zero-order chi connectivity index (χ0) is 11.2. The number of anilines is 1. The van der Waals surface area contributed by atoms with Gasteiger partial charge in [-0.1, -0.05) is 0 Å². The maximum atomic E-state index is 11.3. The lowest BCUT2D eigenvalue weighted by molar-refractivity contribution is 0.266. The number of aliphatic hydroxyl groups excluding tert-OH is 1. The van der Waals surface area contributed by atoms with Crippen LogP contribution in [0.4, 0.5) is 5.82 Å². The van der Waals surface area contributed by atoms with Crippen LogP contribution in [-0.2, 0) is 0 Å². The molecule has 1 fully saturated rings. The number of hydrogen-bond donors (Lipinski definition) is 3. The van der Waals surface area contributed by atoms with Crippen molar-refractivity contribution in [1.29, 1.82) is 0 Å². The number of nitrogens with one attached hydrogen (secondary N) is 2. The SMILES string of the molecule is O=c1[nH]nc2ccc(NC3(CO)CC3)nn12. The molecule has 0 unspecified atom stereocenters. The van der Waals surface area contributed by atoms with Gasteiger partial charge in [0, 0.05) is 0 Å². The molecule has 0 spiro atoms. The number of aromatic nitrogens is 4. The van der Waals surface area contributed by atoms with E-state index in [4.69, 9.17) is 5.11 Å². The molecule has 0 amide bonds. The Labute approximate surface area is 90.1 Å². The van der Waals surface area contributed by atoms with Gasteiger partial charge in [0.05, 0.1) is 12.1 Å². The topological polar surface area (TPSA) is 95.3 Å². The predicted octanol–water partition coefficient (Wildman–Crippen LogP) is -0.646. The molecule has 2 heterocycles. The van der Waals surface area contributed by atoms with Gasteiger partial charge in [-0.25, -0.2) is 9.89 Å². The summed E-state index contributed by atoms with van der Waals surface area (Å²) in [6.07, 6.45) is 1.84. The maximum Gasteiger partial charge on any atom is 0.364 e. The summed E-state index contributed by atoms with van der Waals surface area (Å²) in [5.41, 5.74) is -0.134. The molecule has 7 heteroatoms. The van der Waals surface area contributed by atoms with Crippen LogP contribution in [0.2, 0.25) is 0 Å². The van der Waals surface area contributed by atoms with Crippen LogP contribution < -0.4 is 11.0 Å². The van der Waals surface area contributed by atoms with Crippen LogP contribution >= 0.6 is 0 Å². The second-order valence-electron chi connectivity index (χ2n) is 4.08. The fraction of sp³-hybridized carbons (Fsp3) is 0.444. The molecule has 16 heavy (non-hydrogen) atoms. The second-order valence-corrected chi connectivity index (χ2v) is 4.08. The van der Waals surface area contributed by atoms with E-state index in [1.165, 1.54) is 4.52 Å². The molecule has 2 aromatic heterocycles. The summed E-state index contributed by atoms with van der Waals surface area (Å²) in [5, 5.41) is 22.5. The number of nitrogens with zero attached hydrogens (tertiary/aromatic N) is 3. The van der Waals surface area contributed by atoms with Crippen molar-refractivity contribution >= 4 is 11.5 Å². The summed E-state index contributed by atoms with van der Waals surface area (Å²) in [7, 11) is 0. The third-order valence-corrected chi connectivity index (χ3v) is 2.82. The van der Waals surface area contributed by atoms with Gasteiger partial charge in [-0.15, -0.1) is 5.10 Å². The number of aromatic amines is 1. The summed E-state index contributed by atoms with van der Waals surface area (Å²) in [6, 6.07) is 3.44. The molecule has 3 N–H and O–H groups in total. The van der Waals surface area contributed by atoms with Crippen LogP contribution in [-0.4, -0.2) is 37.1 Å². The molecule has 0 saturated heterocycles. The van der Waals surface area contributed by atoms with Gasteiger partial charge in [0.2, 0.25) is 0 Å². The summed E-state index contributed by atoms with van der Waals surface area (Å²) < 4.78 is 1.19. The Hall–Kier alpha value is -1.89. The Balaban J connectivity index is 1.98. The first-order valence-corrected chi connectivity index (χ1v) is 5.06. The quantitative estimate of drug-likeness (QED) is 0.640. The highest BCUT2D eigenvalue weighted by Gasteiger charge is 2.42. The molecule has 7 nitrogen and oxygen atoms in total. The highest BCUT2D eigenvalue weighted by molar-refractivity contribution is 5.45. The number of fused-ring (bicyclic) bond motifs is 1. The number of hydrogen-bond acceptors (Lipinski definition) is 5. The van der Waals surface area contributed by atoms with Gasteiger partial charge < -0.3 is 10.4 Å². The Morgan fingerprint density at radius 2 is 2.38 bits per heavy atom. The minimum atomic E-state index is -0.368. The summed E-state index contributed by atoms with van der Waals surface area (Å²) >= 11 is 0. The predicted molar refractivity (Wildman–Crippen MR) is 56.3 cm³/mol. The number of H-pyrrole nitrogens is 1. The maximum absolute atomic E-state index is 11.3. The lowest BCUT2D eigenvalue weighted by Crippen LogP contribution is -2.27. The second kappa shape index (κ2) is 3.05. The van der Waals surface area contributed by atoms with Crippen molar-refractivity contribution in [3.8, 4) is 0 Å². The standard InChI is InChI=1S/C9H11N5O2/c15-5-9(3-4-9)10-6-1-2-7-11-12-8(16)14(7)13-6/h1-2,15H,3-5H2,(H,10,13)(H,12,16). The Morgan fingerprint density at radius 3 is 3.06 bits per heavy atom. The van der Waals surface area contributed by atoms with E-state index < -0.39 is 0 Å². The van der Waals surface area contributed by atoms with Crippen molar-refractivity contribution in [2.24, 2.45) is 0 Å². The first-order valence-electron chi connectivity index (χ1n) is 5.06. The summed E-state index contributed by atoms with van der Waals surface area (Å²) in [4.78, 5) is 11.3. The molecule has 0 radical (unpaired) electrons. The van der Waals surface area contributed by atoms with Crippen molar-refractivity contribution in [2.45, 2.75) is 18.4 Å². The zero-order valence-corrected chi connectivity index (χ0v) is 8.47. The lowest BCUT2D eigenvalue weighted by atomic mass is 10.3. The normalized spacial score (nSPS) is 17.6. The van der Waals surface area contributed by atoms with Crippen molar-refractivity contribution < 1.29 is 5.11 Å². The van der Waals surface area contributed by atoms with Gasteiger partial charge in [0.25, 0.3) is 0 Å². The van der Waals surface area contributed by atoms with Crippen molar-refractivity contribution in [2.75, 3.05) is 11.9 Å². The molecule has 0 bridgehead atoms. The van der Waals surface area contributed by atoms with E-state index in [-0.39, 0.29) is 17.8 Å². The van der Waals surface area contributed by atoms with Crippen molar-refractivity contribution in [3.05, 3.63) is 22.6 Å². The van der Waals surface area contributed by atoms with Crippen LogP contribution in [0.5, 0.6) is 0 Å². The van der Waals surface area contributed by atoms with Gasteiger partial charge in [0.1, 0.15) is 5.82 Å². The van der Waals surface area contributed by atoms with Crippen LogP contribution in [0.15, 0.2) is 16.9 Å². The summed E-state index contributed by atoms with van der Waals surface area (Å²) in [6.45, 7) is 0.0764. The zero-order valence-electron chi connectivity index (χ0n) is 8.47. The molecule has 0 aromatic carbocycles. The fourth-order valence-corrected chi connectivity index (χ4v) is 1.61. The highest BCUT2D eigenvalue weighted by Crippen LogP contribution is 2.37.